The highest BCUT2D eigenvalue weighted by atomic mass is 32.1. The van der Waals surface area contributed by atoms with Gasteiger partial charge in [-0.2, -0.15) is 0 Å². The molecule has 2 aromatic carbocycles. The monoisotopic (exact) mass is 342 g/mol. The van der Waals surface area contributed by atoms with E-state index in [1.165, 1.54) is 11.3 Å². The van der Waals surface area contributed by atoms with Crippen molar-refractivity contribution in [2.24, 2.45) is 0 Å². The summed E-state index contributed by atoms with van der Waals surface area (Å²) in [5, 5.41) is 2.83. The average Bonchev–Trinajstić information content (AvgIpc) is 2.89. The normalized spacial score (nSPS) is 12.1. The highest BCUT2D eigenvalue weighted by molar-refractivity contribution is 7.16. The molecule has 0 spiro atoms. The Labute approximate surface area is 143 Å². The molecule has 1 heterocycles. The quantitative estimate of drug-likeness (QED) is 0.772. The molecule has 0 saturated carbocycles. The van der Waals surface area contributed by atoms with Crippen molar-refractivity contribution >= 4 is 33.1 Å². The smallest absolute Gasteiger partial charge is 0.308 e. The zero-order valence-corrected chi connectivity index (χ0v) is 14.3. The molecule has 0 aliphatic rings. The minimum absolute atomic E-state index is 0.0109. The highest BCUT2D eigenvalue weighted by Crippen LogP contribution is 2.22. The Hall–Kier alpha value is -2.60. The molecule has 6 heteroatoms. The van der Waals surface area contributed by atoms with Crippen LogP contribution in [-0.4, -0.2) is 16.6 Å². The van der Waals surface area contributed by atoms with Crippen molar-refractivity contribution in [1.82, 2.24) is 4.57 Å². The van der Waals surface area contributed by atoms with Crippen molar-refractivity contribution in [3.05, 3.63) is 58.2 Å². The van der Waals surface area contributed by atoms with Crippen LogP contribution in [0.25, 0.3) is 10.2 Å². The maximum absolute atomic E-state index is 12.3. The van der Waals surface area contributed by atoms with Gasteiger partial charge in [-0.15, -0.1) is 0 Å². The van der Waals surface area contributed by atoms with E-state index in [1.54, 1.807) is 29.7 Å². The number of para-hydroxylation sites is 1. The second kappa shape index (κ2) is 6.88. The van der Waals surface area contributed by atoms with E-state index < -0.39 is 6.10 Å². The van der Waals surface area contributed by atoms with Crippen LogP contribution in [0.3, 0.4) is 0 Å². The third-order valence-electron chi connectivity index (χ3n) is 3.68. The summed E-state index contributed by atoms with van der Waals surface area (Å²) in [6, 6.07) is 14.7. The van der Waals surface area contributed by atoms with E-state index in [-0.39, 0.29) is 10.8 Å². The van der Waals surface area contributed by atoms with Gasteiger partial charge in [0.2, 0.25) is 0 Å². The van der Waals surface area contributed by atoms with E-state index in [4.69, 9.17) is 4.74 Å². The second-order valence-electron chi connectivity index (χ2n) is 5.36. The summed E-state index contributed by atoms with van der Waals surface area (Å²) >= 11 is 1.18. The first-order chi connectivity index (χ1) is 11.6. The summed E-state index contributed by atoms with van der Waals surface area (Å²) < 4.78 is 8.19. The summed E-state index contributed by atoms with van der Waals surface area (Å²) in [5.74, 6) is 0.411. The Bertz CT molecular complexity index is 915. The number of amides is 1. The molecule has 0 aliphatic heterocycles. The molecule has 1 aromatic heterocycles. The van der Waals surface area contributed by atoms with Gasteiger partial charge in [-0.05, 0) is 44.2 Å². The SMILES string of the molecule is CCn1c(=O)sc2cc(NC(=O)C(C)Oc3ccccc3)ccc21. The maximum Gasteiger partial charge on any atom is 0.308 e. The van der Waals surface area contributed by atoms with Crippen molar-refractivity contribution < 1.29 is 9.53 Å². The van der Waals surface area contributed by atoms with E-state index in [2.05, 4.69) is 5.32 Å². The van der Waals surface area contributed by atoms with Crippen LogP contribution in [0.1, 0.15) is 13.8 Å². The molecular formula is C18H18N2O3S. The molecule has 1 unspecified atom stereocenters. The van der Waals surface area contributed by atoms with E-state index in [0.29, 0.717) is 18.0 Å². The summed E-state index contributed by atoms with van der Waals surface area (Å²) in [4.78, 5) is 24.2. The van der Waals surface area contributed by atoms with Gasteiger partial charge in [-0.1, -0.05) is 29.5 Å². The fourth-order valence-corrected chi connectivity index (χ4v) is 3.44. The molecule has 0 saturated heterocycles. The number of carbonyl (C=O) groups excluding carboxylic acids is 1. The first kappa shape index (κ1) is 16.3. The van der Waals surface area contributed by atoms with Crippen molar-refractivity contribution in [1.29, 1.82) is 0 Å². The Kier molecular flexibility index (Phi) is 4.66. The number of aromatic nitrogens is 1. The first-order valence-corrected chi connectivity index (χ1v) is 8.56. The lowest BCUT2D eigenvalue weighted by Crippen LogP contribution is -2.30. The van der Waals surface area contributed by atoms with Gasteiger partial charge in [-0.3, -0.25) is 14.2 Å². The van der Waals surface area contributed by atoms with E-state index in [1.807, 2.05) is 37.3 Å². The Morgan fingerprint density at radius 2 is 2.00 bits per heavy atom. The number of nitrogens with zero attached hydrogens (tertiary/aromatic N) is 1. The number of carbonyl (C=O) groups is 1. The summed E-state index contributed by atoms with van der Waals surface area (Å²) in [6.07, 6.45) is -0.623. The molecule has 3 rings (SSSR count). The molecule has 124 valence electrons. The predicted molar refractivity (Wildman–Crippen MR) is 96.9 cm³/mol. The largest absolute Gasteiger partial charge is 0.481 e. The molecule has 3 aromatic rings. The number of nitrogens with one attached hydrogen (secondary N) is 1. The van der Waals surface area contributed by atoms with Gasteiger partial charge < -0.3 is 10.1 Å². The summed E-state index contributed by atoms with van der Waals surface area (Å²) in [7, 11) is 0. The molecule has 5 nitrogen and oxygen atoms in total. The van der Waals surface area contributed by atoms with Gasteiger partial charge in [0, 0.05) is 12.2 Å². The second-order valence-corrected chi connectivity index (χ2v) is 6.35. The topological polar surface area (TPSA) is 60.3 Å². The summed E-state index contributed by atoms with van der Waals surface area (Å²) in [6.45, 7) is 4.27. The van der Waals surface area contributed by atoms with Gasteiger partial charge in [-0.25, -0.2) is 0 Å². The Morgan fingerprint density at radius 1 is 1.25 bits per heavy atom. The number of rotatable bonds is 5. The standard InChI is InChI=1S/C18H18N2O3S/c1-3-20-15-10-9-13(11-16(15)24-18(20)22)19-17(21)12(2)23-14-7-5-4-6-8-14/h4-12H,3H2,1-2H3,(H,19,21). The lowest BCUT2D eigenvalue weighted by Gasteiger charge is -2.14. The first-order valence-electron chi connectivity index (χ1n) is 7.74. The van der Waals surface area contributed by atoms with Crippen molar-refractivity contribution in [3.63, 3.8) is 0 Å². The van der Waals surface area contributed by atoms with Crippen molar-refractivity contribution in [3.8, 4) is 5.75 Å². The average molecular weight is 342 g/mol. The van der Waals surface area contributed by atoms with Crippen LogP contribution in [-0.2, 0) is 11.3 Å². The zero-order chi connectivity index (χ0) is 17.1. The van der Waals surface area contributed by atoms with Gasteiger partial charge >= 0.3 is 4.87 Å². The summed E-state index contributed by atoms with van der Waals surface area (Å²) in [5.41, 5.74) is 1.54. The molecule has 0 fully saturated rings. The number of ether oxygens (including phenoxy) is 1. The number of benzene rings is 2. The van der Waals surface area contributed by atoms with Gasteiger partial charge in [0.05, 0.1) is 10.2 Å². The molecule has 1 atom stereocenters. The number of anilines is 1. The Balaban J connectivity index is 1.74. The predicted octanol–water partition coefficient (Wildman–Crippen LogP) is 3.49. The van der Waals surface area contributed by atoms with Crippen LogP contribution in [0.5, 0.6) is 5.75 Å². The molecule has 1 N–H and O–H groups in total. The number of hydrogen-bond donors (Lipinski definition) is 1. The molecule has 0 radical (unpaired) electrons. The van der Waals surface area contributed by atoms with E-state index in [0.717, 1.165) is 10.2 Å². The molecular weight excluding hydrogens is 324 g/mol. The number of thiazole rings is 1. The van der Waals surface area contributed by atoms with Gasteiger partial charge in [0.1, 0.15) is 5.75 Å². The minimum Gasteiger partial charge on any atom is -0.481 e. The number of hydrogen-bond acceptors (Lipinski definition) is 4. The molecule has 0 bridgehead atoms. The van der Waals surface area contributed by atoms with Gasteiger partial charge in [0.15, 0.2) is 6.10 Å². The van der Waals surface area contributed by atoms with E-state index in [9.17, 15) is 9.59 Å². The van der Waals surface area contributed by atoms with Crippen LogP contribution < -0.4 is 14.9 Å². The van der Waals surface area contributed by atoms with Gasteiger partial charge in [0.25, 0.3) is 5.91 Å². The molecule has 24 heavy (non-hydrogen) atoms. The maximum atomic E-state index is 12.3. The fourth-order valence-electron chi connectivity index (χ4n) is 2.44. The minimum atomic E-state index is -0.623. The highest BCUT2D eigenvalue weighted by Gasteiger charge is 2.15. The van der Waals surface area contributed by atoms with Crippen LogP contribution in [0.2, 0.25) is 0 Å². The van der Waals surface area contributed by atoms with Crippen molar-refractivity contribution in [2.45, 2.75) is 26.5 Å². The zero-order valence-electron chi connectivity index (χ0n) is 13.5. The third kappa shape index (κ3) is 3.33. The van der Waals surface area contributed by atoms with Crippen LogP contribution >= 0.6 is 11.3 Å². The van der Waals surface area contributed by atoms with E-state index >= 15 is 0 Å². The van der Waals surface area contributed by atoms with Crippen LogP contribution in [0.15, 0.2) is 53.3 Å². The molecule has 0 aliphatic carbocycles. The molecule has 1 amide bonds. The van der Waals surface area contributed by atoms with Crippen LogP contribution in [0, 0.1) is 0 Å². The van der Waals surface area contributed by atoms with Crippen LogP contribution in [0.4, 0.5) is 5.69 Å². The lowest BCUT2D eigenvalue weighted by molar-refractivity contribution is -0.122. The Morgan fingerprint density at radius 3 is 2.71 bits per heavy atom. The lowest BCUT2D eigenvalue weighted by atomic mass is 10.2. The van der Waals surface area contributed by atoms with Crippen molar-refractivity contribution in [2.75, 3.05) is 5.32 Å². The number of fused-ring (bicyclic) bond motifs is 1. The number of aryl methyl sites for hydroxylation is 1. The third-order valence-corrected chi connectivity index (χ3v) is 4.62. The fraction of sp³-hybridized carbons (Fsp3) is 0.222.